The molecule has 1 saturated carbocycles. The molecule has 0 aromatic carbocycles. The third-order valence-corrected chi connectivity index (χ3v) is 3.91. The Bertz CT molecular complexity index is 243. The van der Waals surface area contributed by atoms with Crippen LogP contribution in [0.2, 0.25) is 0 Å². The Hall–Kier alpha value is -0.570. The highest BCUT2D eigenvalue weighted by Gasteiger charge is 2.23. The number of carbonyl (C=O) groups excluding carboxylic acids is 1. The zero-order valence-corrected chi connectivity index (χ0v) is 12.0. The van der Waals surface area contributed by atoms with Gasteiger partial charge in [-0.25, -0.2) is 0 Å². The first kappa shape index (κ1) is 15.5. The molecule has 0 bridgehead atoms. The lowest BCUT2D eigenvalue weighted by Crippen LogP contribution is -2.42. The quantitative estimate of drug-likeness (QED) is 0.793. The van der Waals surface area contributed by atoms with Crippen molar-refractivity contribution in [1.29, 1.82) is 0 Å². The van der Waals surface area contributed by atoms with E-state index in [-0.39, 0.29) is 11.8 Å². The van der Waals surface area contributed by atoms with E-state index in [1.54, 1.807) is 6.92 Å². The van der Waals surface area contributed by atoms with Crippen molar-refractivity contribution in [3.05, 3.63) is 0 Å². The predicted molar refractivity (Wildman–Crippen MR) is 74.4 cm³/mol. The molecular weight excluding hydrogens is 226 g/mol. The molecule has 1 amide bonds. The van der Waals surface area contributed by atoms with Gasteiger partial charge < -0.3 is 10.4 Å². The van der Waals surface area contributed by atoms with Crippen LogP contribution in [0.1, 0.15) is 71.6 Å². The Balaban J connectivity index is 2.34. The molecule has 0 saturated heterocycles. The minimum absolute atomic E-state index is 0.147. The molecule has 0 aliphatic heterocycles. The Morgan fingerprint density at radius 2 is 1.78 bits per heavy atom. The summed E-state index contributed by atoms with van der Waals surface area (Å²) in [5.41, 5.74) is -0.758. The summed E-state index contributed by atoms with van der Waals surface area (Å²) < 4.78 is 0. The van der Waals surface area contributed by atoms with Crippen molar-refractivity contribution in [2.24, 2.45) is 5.92 Å². The van der Waals surface area contributed by atoms with Crippen molar-refractivity contribution in [2.45, 2.75) is 77.2 Å². The average Bonchev–Trinajstić information content (AvgIpc) is 2.25. The molecule has 1 aliphatic carbocycles. The maximum atomic E-state index is 12.1. The van der Waals surface area contributed by atoms with Crippen LogP contribution in [-0.2, 0) is 4.79 Å². The summed E-state index contributed by atoms with van der Waals surface area (Å²) >= 11 is 0. The molecule has 0 radical (unpaired) electrons. The predicted octanol–water partition coefficient (Wildman–Crippen LogP) is 3.01. The lowest BCUT2D eigenvalue weighted by atomic mass is 9.90. The topological polar surface area (TPSA) is 49.3 Å². The Morgan fingerprint density at radius 3 is 2.33 bits per heavy atom. The Labute approximate surface area is 111 Å². The van der Waals surface area contributed by atoms with Gasteiger partial charge in [-0.15, -0.1) is 0 Å². The molecule has 106 valence electrons. The molecule has 1 fully saturated rings. The van der Waals surface area contributed by atoms with Gasteiger partial charge in [-0.2, -0.15) is 0 Å². The fourth-order valence-corrected chi connectivity index (χ4v) is 2.77. The smallest absolute Gasteiger partial charge is 0.223 e. The summed E-state index contributed by atoms with van der Waals surface area (Å²) in [7, 11) is 0. The first-order valence-corrected chi connectivity index (χ1v) is 7.55. The fraction of sp³-hybridized carbons (Fsp3) is 0.933. The molecule has 0 aromatic rings. The molecule has 0 aromatic heterocycles. The van der Waals surface area contributed by atoms with Gasteiger partial charge in [-0.05, 0) is 26.2 Å². The second-order valence-electron chi connectivity index (χ2n) is 6.01. The average molecular weight is 255 g/mol. The van der Waals surface area contributed by atoms with Crippen LogP contribution in [0.4, 0.5) is 0 Å². The summed E-state index contributed by atoms with van der Waals surface area (Å²) in [6, 6.07) is 0. The van der Waals surface area contributed by atoms with Gasteiger partial charge in [0.2, 0.25) is 5.91 Å². The van der Waals surface area contributed by atoms with Crippen LogP contribution in [0.3, 0.4) is 0 Å². The number of rotatable bonds is 5. The highest BCUT2D eigenvalue weighted by molar-refractivity contribution is 5.78. The maximum Gasteiger partial charge on any atom is 0.223 e. The second-order valence-corrected chi connectivity index (χ2v) is 6.01. The van der Waals surface area contributed by atoms with E-state index >= 15 is 0 Å². The van der Waals surface area contributed by atoms with E-state index in [1.165, 1.54) is 32.1 Å². The van der Waals surface area contributed by atoms with Crippen LogP contribution in [0, 0.1) is 5.92 Å². The Kier molecular flexibility index (Phi) is 6.69. The number of nitrogens with one attached hydrogen (secondary N) is 1. The minimum atomic E-state index is -0.758. The SMILES string of the molecule is CCCC(C)(O)CNC(=O)C1CCCCCCC1. The van der Waals surface area contributed by atoms with Crippen LogP contribution in [0.5, 0.6) is 0 Å². The summed E-state index contributed by atoms with van der Waals surface area (Å²) in [6.45, 7) is 4.23. The van der Waals surface area contributed by atoms with E-state index < -0.39 is 5.60 Å². The van der Waals surface area contributed by atoms with Crippen LogP contribution < -0.4 is 5.32 Å². The van der Waals surface area contributed by atoms with Crippen LogP contribution in [0.15, 0.2) is 0 Å². The van der Waals surface area contributed by atoms with Gasteiger partial charge in [0.05, 0.1) is 5.60 Å². The normalized spacial score (nSPS) is 21.7. The third-order valence-electron chi connectivity index (χ3n) is 3.91. The lowest BCUT2D eigenvalue weighted by molar-refractivity contribution is -0.126. The number of amides is 1. The number of hydrogen-bond acceptors (Lipinski definition) is 2. The zero-order chi connectivity index (χ0) is 13.4. The summed E-state index contributed by atoms with van der Waals surface area (Å²) in [6.07, 6.45) is 9.88. The van der Waals surface area contributed by atoms with E-state index in [0.717, 1.165) is 25.7 Å². The molecule has 2 N–H and O–H groups in total. The van der Waals surface area contributed by atoms with Crippen molar-refractivity contribution < 1.29 is 9.90 Å². The van der Waals surface area contributed by atoms with Gasteiger partial charge in [0, 0.05) is 12.5 Å². The number of carbonyl (C=O) groups is 1. The monoisotopic (exact) mass is 255 g/mol. The molecule has 0 spiro atoms. The van der Waals surface area contributed by atoms with E-state index in [0.29, 0.717) is 6.54 Å². The van der Waals surface area contributed by atoms with Crippen molar-refractivity contribution in [3.63, 3.8) is 0 Å². The first-order valence-electron chi connectivity index (χ1n) is 7.55. The fourth-order valence-electron chi connectivity index (χ4n) is 2.77. The summed E-state index contributed by atoms with van der Waals surface area (Å²) in [5, 5.41) is 13.0. The molecule has 0 heterocycles. The number of hydrogen-bond donors (Lipinski definition) is 2. The van der Waals surface area contributed by atoms with Gasteiger partial charge in [0.1, 0.15) is 0 Å². The Morgan fingerprint density at radius 1 is 1.22 bits per heavy atom. The molecular formula is C15H29NO2. The molecule has 18 heavy (non-hydrogen) atoms. The van der Waals surface area contributed by atoms with E-state index in [9.17, 15) is 9.90 Å². The highest BCUT2D eigenvalue weighted by atomic mass is 16.3. The van der Waals surface area contributed by atoms with Gasteiger partial charge >= 0.3 is 0 Å². The van der Waals surface area contributed by atoms with Gasteiger partial charge in [0.25, 0.3) is 0 Å². The molecule has 1 unspecified atom stereocenters. The highest BCUT2D eigenvalue weighted by Crippen LogP contribution is 2.22. The lowest BCUT2D eigenvalue weighted by Gasteiger charge is -2.25. The second kappa shape index (κ2) is 7.78. The van der Waals surface area contributed by atoms with Crippen LogP contribution in [-0.4, -0.2) is 23.2 Å². The molecule has 1 rings (SSSR count). The zero-order valence-electron chi connectivity index (χ0n) is 12.0. The molecule has 1 atom stereocenters. The maximum absolute atomic E-state index is 12.1. The molecule has 3 nitrogen and oxygen atoms in total. The number of aliphatic hydroxyl groups is 1. The van der Waals surface area contributed by atoms with E-state index in [4.69, 9.17) is 0 Å². The van der Waals surface area contributed by atoms with E-state index in [1.807, 2.05) is 6.92 Å². The van der Waals surface area contributed by atoms with Crippen LogP contribution >= 0.6 is 0 Å². The summed E-state index contributed by atoms with van der Waals surface area (Å²) in [5.74, 6) is 0.316. The van der Waals surface area contributed by atoms with Gasteiger partial charge in [0.15, 0.2) is 0 Å². The molecule has 3 heteroatoms. The molecule has 1 aliphatic rings. The van der Waals surface area contributed by atoms with Gasteiger partial charge in [-0.1, -0.05) is 45.4 Å². The van der Waals surface area contributed by atoms with Crippen molar-refractivity contribution in [1.82, 2.24) is 5.32 Å². The minimum Gasteiger partial charge on any atom is -0.388 e. The third kappa shape index (κ3) is 5.85. The summed E-state index contributed by atoms with van der Waals surface area (Å²) in [4.78, 5) is 12.1. The van der Waals surface area contributed by atoms with Crippen molar-refractivity contribution >= 4 is 5.91 Å². The standard InChI is InChI=1S/C15H29NO2/c1-3-11-15(2,18)12-16-14(17)13-9-7-5-4-6-8-10-13/h13,18H,3-12H2,1-2H3,(H,16,17). The van der Waals surface area contributed by atoms with E-state index in [2.05, 4.69) is 5.32 Å². The van der Waals surface area contributed by atoms with Gasteiger partial charge in [-0.3, -0.25) is 4.79 Å². The van der Waals surface area contributed by atoms with Crippen molar-refractivity contribution in [3.8, 4) is 0 Å². The first-order chi connectivity index (χ1) is 8.55. The van der Waals surface area contributed by atoms with Crippen molar-refractivity contribution in [2.75, 3.05) is 6.54 Å². The van der Waals surface area contributed by atoms with Crippen LogP contribution in [0.25, 0.3) is 0 Å². The largest absolute Gasteiger partial charge is 0.388 e.